The van der Waals surface area contributed by atoms with E-state index in [1.165, 1.54) is 36.2 Å². The molecule has 1 unspecified atom stereocenters. The van der Waals surface area contributed by atoms with Gasteiger partial charge < -0.3 is 9.30 Å². The maximum absolute atomic E-state index is 11.9. The first-order valence-electron chi connectivity index (χ1n) is 9.62. The lowest BCUT2D eigenvalue weighted by molar-refractivity contribution is -0.139. The predicted molar refractivity (Wildman–Crippen MR) is 119 cm³/mol. The van der Waals surface area contributed by atoms with Crippen molar-refractivity contribution in [1.82, 2.24) is 24.7 Å². The van der Waals surface area contributed by atoms with Gasteiger partial charge in [0.05, 0.1) is 12.9 Å². The van der Waals surface area contributed by atoms with E-state index < -0.39 is 0 Å². The van der Waals surface area contributed by atoms with Gasteiger partial charge >= 0.3 is 5.97 Å². The second-order valence-corrected chi connectivity index (χ2v) is 9.04. The van der Waals surface area contributed by atoms with E-state index in [0.717, 1.165) is 35.3 Å². The predicted octanol–water partition coefficient (Wildman–Crippen LogP) is 3.87. The van der Waals surface area contributed by atoms with Crippen molar-refractivity contribution in [2.75, 3.05) is 7.11 Å². The van der Waals surface area contributed by atoms with Crippen molar-refractivity contribution >= 4 is 29.5 Å². The minimum Gasteiger partial charge on any atom is -0.468 e. The van der Waals surface area contributed by atoms with Crippen LogP contribution in [0.2, 0.25) is 0 Å². The maximum Gasteiger partial charge on any atom is 0.318 e. The molecule has 0 aliphatic heterocycles. The van der Waals surface area contributed by atoms with Gasteiger partial charge in [0.1, 0.15) is 11.1 Å². The van der Waals surface area contributed by atoms with Crippen LogP contribution in [0.15, 0.2) is 46.7 Å². The molecule has 0 bridgehead atoms. The Hall–Kier alpha value is -2.39. The van der Waals surface area contributed by atoms with Gasteiger partial charge in [-0.15, -0.1) is 10.2 Å². The van der Waals surface area contributed by atoms with E-state index in [9.17, 15) is 4.79 Å². The highest BCUT2D eigenvalue weighted by Gasteiger charge is 2.21. The van der Waals surface area contributed by atoms with Crippen LogP contribution in [0.4, 0.5) is 0 Å². The van der Waals surface area contributed by atoms with E-state index in [0.29, 0.717) is 10.9 Å². The van der Waals surface area contributed by atoms with E-state index >= 15 is 0 Å². The fraction of sp³-hybridized carbons (Fsp3) is 0.381. The first-order chi connectivity index (χ1) is 14.5. The molecule has 0 saturated carbocycles. The fourth-order valence-electron chi connectivity index (χ4n) is 2.88. The molecule has 30 heavy (non-hydrogen) atoms. The number of carbonyl (C=O) groups is 1. The minimum absolute atomic E-state index is 0.280. The Labute approximate surface area is 185 Å². The quantitative estimate of drug-likeness (QED) is 0.280. The molecule has 3 aromatic rings. The highest BCUT2D eigenvalue weighted by molar-refractivity contribution is 8.00. The molecule has 7 nitrogen and oxygen atoms in total. The molecule has 0 aliphatic rings. The van der Waals surface area contributed by atoms with Crippen LogP contribution < -0.4 is 0 Å². The van der Waals surface area contributed by atoms with Gasteiger partial charge in [-0.05, 0) is 38.8 Å². The van der Waals surface area contributed by atoms with E-state index in [1.807, 2.05) is 45.0 Å². The standard InChI is InChI=1S/C21H25N5O2S2/c1-14-12-15(2)23-20(22-14)29-13-18-24-25-21(30-16(3)19(27)28-4)26(18)11-10-17-8-6-5-7-9-17/h5-9,12,16H,10-11,13H2,1-4H3. The average Bonchev–Trinajstić information content (AvgIpc) is 3.11. The van der Waals surface area contributed by atoms with Crippen LogP contribution in [0.3, 0.4) is 0 Å². The molecule has 0 aliphatic carbocycles. The fourth-order valence-corrected chi connectivity index (χ4v) is 4.69. The van der Waals surface area contributed by atoms with E-state index in [2.05, 4.69) is 36.9 Å². The normalized spacial score (nSPS) is 12.0. The molecular weight excluding hydrogens is 418 g/mol. The summed E-state index contributed by atoms with van der Waals surface area (Å²) in [6.07, 6.45) is 0.844. The van der Waals surface area contributed by atoms with E-state index in [-0.39, 0.29) is 11.2 Å². The molecule has 2 aromatic heterocycles. The zero-order valence-electron chi connectivity index (χ0n) is 17.5. The first kappa shape index (κ1) is 22.3. The third kappa shape index (κ3) is 6.06. The number of thioether (sulfide) groups is 2. The number of hydrogen-bond acceptors (Lipinski definition) is 8. The Balaban J connectivity index is 1.79. The summed E-state index contributed by atoms with van der Waals surface area (Å²) in [6, 6.07) is 12.2. The van der Waals surface area contributed by atoms with Crippen molar-refractivity contribution in [3.05, 3.63) is 59.2 Å². The molecule has 1 atom stereocenters. The third-order valence-corrected chi connectivity index (χ3v) is 6.27. The number of rotatable bonds is 9. The van der Waals surface area contributed by atoms with Crippen molar-refractivity contribution < 1.29 is 9.53 Å². The lowest BCUT2D eigenvalue weighted by Gasteiger charge is -2.12. The van der Waals surface area contributed by atoms with Crippen molar-refractivity contribution in [3.8, 4) is 0 Å². The molecule has 1 aromatic carbocycles. The molecule has 0 fully saturated rings. The number of nitrogens with zero attached hydrogens (tertiary/aromatic N) is 5. The summed E-state index contributed by atoms with van der Waals surface area (Å²) in [5.41, 5.74) is 3.12. The molecular formula is C21H25N5O2S2. The van der Waals surface area contributed by atoms with Gasteiger partial charge in [0.2, 0.25) is 0 Å². The van der Waals surface area contributed by atoms with Crippen molar-refractivity contribution in [3.63, 3.8) is 0 Å². The monoisotopic (exact) mass is 443 g/mol. The van der Waals surface area contributed by atoms with E-state index in [1.54, 1.807) is 0 Å². The van der Waals surface area contributed by atoms with Gasteiger partial charge in [-0.25, -0.2) is 9.97 Å². The average molecular weight is 444 g/mol. The second kappa shape index (κ2) is 10.6. The van der Waals surface area contributed by atoms with Gasteiger partial charge in [0.25, 0.3) is 0 Å². The van der Waals surface area contributed by atoms with Crippen LogP contribution >= 0.6 is 23.5 Å². The number of methoxy groups -OCH3 is 1. The summed E-state index contributed by atoms with van der Waals surface area (Å²) in [7, 11) is 1.39. The highest BCUT2D eigenvalue weighted by Crippen LogP contribution is 2.26. The Bertz CT molecular complexity index is 974. The molecule has 158 valence electrons. The number of esters is 1. The van der Waals surface area contributed by atoms with Crippen LogP contribution in [0.5, 0.6) is 0 Å². The number of aromatic nitrogens is 5. The summed E-state index contributed by atoms with van der Waals surface area (Å²) < 4.78 is 6.93. The van der Waals surface area contributed by atoms with Crippen LogP contribution in [-0.4, -0.2) is 43.1 Å². The molecule has 0 saturated heterocycles. The highest BCUT2D eigenvalue weighted by atomic mass is 32.2. The van der Waals surface area contributed by atoms with Crippen molar-refractivity contribution in [2.24, 2.45) is 0 Å². The Kier molecular flexibility index (Phi) is 7.87. The first-order valence-corrected chi connectivity index (χ1v) is 11.5. The summed E-state index contributed by atoms with van der Waals surface area (Å²) in [5.74, 6) is 1.15. The summed E-state index contributed by atoms with van der Waals surface area (Å²) >= 11 is 2.89. The van der Waals surface area contributed by atoms with Crippen LogP contribution in [0.25, 0.3) is 0 Å². The molecule has 0 spiro atoms. The molecule has 3 rings (SSSR count). The summed E-state index contributed by atoms with van der Waals surface area (Å²) in [4.78, 5) is 20.8. The van der Waals surface area contributed by atoms with Gasteiger partial charge in [-0.1, -0.05) is 53.9 Å². The lowest BCUT2D eigenvalue weighted by atomic mass is 10.1. The SMILES string of the molecule is COC(=O)C(C)Sc1nnc(CSc2nc(C)cc(C)n2)n1CCc1ccccc1. The van der Waals surface area contributed by atoms with Gasteiger partial charge in [0.15, 0.2) is 10.3 Å². The zero-order valence-corrected chi connectivity index (χ0v) is 19.2. The Morgan fingerprint density at radius 2 is 1.83 bits per heavy atom. The van der Waals surface area contributed by atoms with Crippen molar-refractivity contribution in [2.45, 2.75) is 55.1 Å². The molecule has 2 heterocycles. The lowest BCUT2D eigenvalue weighted by Crippen LogP contribution is -2.16. The van der Waals surface area contributed by atoms with Crippen LogP contribution in [0, 0.1) is 13.8 Å². The minimum atomic E-state index is -0.363. The molecule has 9 heteroatoms. The van der Waals surface area contributed by atoms with Gasteiger partial charge in [-0.2, -0.15) is 0 Å². The third-order valence-electron chi connectivity index (χ3n) is 4.37. The summed E-state index contributed by atoms with van der Waals surface area (Å²) in [5, 5.41) is 9.81. The number of aryl methyl sites for hydroxylation is 3. The topological polar surface area (TPSA) is 82.8 Å². The zero-order chi connectivity index (χ0) is 21.5. The second-order valence-electron chi connectivity index (χ2n) is 6.79. The number of ether oxygens (including phenoxy) is 1. The summed E-state index contributed by atoms with van der Waals surface area (Å²) in [6.45, 7) is 6.45. The van der Waals surface area contributed by atoms with Crippen molar-refractivity contribution in [1.29, 1.82) is 0 Å². The number of benzene rings is 1. The Morgan fingerprint density at radius 1 is 1.13 bits per heavy atom. The molecule has 0 N–H and O–H groups in total. The molecule has 0 amide bonds. The van der Waals surface area contributed by atoms with Crippen LogP contribution in [-0.2, 0) is 28.2 Å². The van der Waals surface area contributed by atoms with Crippen LogP contribution in [0.1, 0.15) is 29.7 Å². The van der Waals surface area contributed by atoms with E-state index in [4.69, 9.17) is 4.74 Å². The Morgan fingerprint density at radius 3 is 2.50 bits per heavy atom. The van der Waals surface area contributed by atoms with Gasteiger partial charge in [-0.3, -0.25) is 4.79 Å². The smallest absolute Gasteiger partial charge is 0.318 e. The number of hydrogen-bond donors (Lipinski definition) is 0. The molecule has 0 radical (unpaired) electrons. The largest absolute Gasteiger partial charge is 0.468 e. The number of carbonyl (C=O) groups excluding carboxylic acids is 1. The maximum atomic E-state index is 11.9. The van der Waals surface area contributed by atoms with Gasteiger partial charge in [0, 0.05) is 17.9 Å².